The molecule has 0 aromatic heterocycles. The van der Waals surface area contributed by atoms with Gasteiger partial charge in [0, 0.05) is 31.6 Å². The van der Waals surface area contributed by atoms with Crippen LogP contribution in [0, 0.1) is 11.8 Å². The van der Waals surface area contributed by atoms with Gasteiger partial charge in [0.2, 0.25) is 0 Å². The number of nitrogens with zero attached hydrogens (tertiary/aromatic N) is 2. The van der Waals surface area contributed by atoms with Crippen LogP contribution >= 0.6 is 0 Å². The summed E-state index contributed by atoms with van der Waals surface area (Å²) < 4.78 is 22.0. The Bertz CT molecular complexity index is 811. The molecule has 0 bridgehead atoms. The van der Waals surface area contributed by atoms with Gasteiger partial charge in [0.05, 0.1) is 42.0 Å². The van der Waals surface area contributed by atoms with Gasteiger partial charge < -0.3 is 25.0 Å². The molecule has 0 radical (unpaired) electrons. The van der Waals surface area contributed by atoms with Crippen molar-refractivity contribution in [3.05, 3.63) is 11.8 Å². The van der Waals surface area contributed by atoms with E-state index in [4.69, 9.17) is 4.74 Å². The second-order valence-electron chi connectivity index (χ2n) is 10.8. The first-order chi connectivity index (χ1) is 15.5. The van der Waals surface area contributed by atoms with Gasteiger partial charge in [-0.2, -0.15) is 0 Å². The van der Waals surface area contributed by atoms with E-state index < -0.39 is 30.3 Å². The molecular formula is C24H34FN3O4. The Balaban J connectivity index is 1.35. The summed E-state index contributed by atoms with van der Waals surface area (Å²) in [5.41, 5.74) is 0.218. The standard InChI is InChI=1S/C24H34FN3O4/c25-17-10-15-21-23(20(17)26-11-13-3-4-13)32-19-9-14(29)5-6-18(19)28(21)12-16(22(15)30)24(31)27-7-1-2-8-27/h12-15,17-21,23,26,29H,1-11H2. The number of likely N-dealkylation sites (tertiary alicyclic amines) is 1. The minimum atomic E-state index is -1.20. The molecule has 6 rings (SSSR count). The van der Waals surface area contributed by atoms with Crippen molar-refractivity contribution in [1.29, 1.82) is 0 Å². The fourth-order valence-corrected chi connectivity index (χ4v) is 6.70. The van der Waals surface area contributed by atoms with Crippen LogP contribution in [0.5, 0.6) is 0 Å². The van der Waals surface area contributed by atoms with E-state index in [1.54, 1.807) is 11.1 Å². The number of aliphatic hydroxyl groups excluding tert-OH is 1. The van der Waals surface area contributed by atoms with Crippen molar-refractivity contribution in [2.24, 2.45) is 11.8 Å². The maximum absolute atomic E-state index is 15.5. The molecule has 1 amide bonds. The Labute approximate surface area is 188 Å². The average molecular weight is 448 g/mol. The zero-order valence-corrected chi connectivity index (χ0v) is 18.5. The van der Waals surface area contributed by atoms with Crippen LogP contribution in [-0.2, 0) is 14.3 Å². The molecule has 2 N–H and O–H groups in total. The summed E-state index contributed by atoms with van der Waals surface area (Å²) in [6.45, 7) is 2.14. The van der Waals surface area contributed by atoms with Gasteiger partial charge in [-0.1, -0.05) is 0 Å². The summed E-state index contributed by atoms with van der Waals surface area (Å²) >= 11 is 0. The molecule has 8 atom stereocenters. The van der Waals surface area contributed by atoms with Crippen LogP contribution in [0.1, 0.15) is 51.4 Å². The molecule has 176 valence electrons. The SMILES string of the molecule is O=C1C(C(=O)N2CCCC2)=CN2C3CCC(O)CC3OC3C(NCC4CC4)C(F)CC1C32. The molecule has 6 aliphatic rings. The van der Waals surface area contributed by atoms with E-state index in [0.29, 0.717) is 31.8 Å². The predicted molar refractivity (Wildman–Crippen MR) is 114 cm³/mol. The number of amides is 1. The van der Waals surface area contributed by atoms with Gasteiger partial charge in [-0.3, -0.25) is 9.59 Å². The fourth-order valence-electron chi connectivity index (χ4n) is 6.70. The first-order valence-electron chi connectivity index (χ1n) is 12.5. The number of Topliss-reactive ketones (excluding diaryl/α,β-unsaturated/α-hetero) is 1. The van der Waals surface area contributed by atoms with Crippen LogP contribution in [0.15, 0.2) is 11.8 Å². The number of ether oxygens (including phenoxy) is 1. The van der Waals surface area contributed by atoms with Crippen molar-refractivity contribution in [1.82, 2.24) is 15.1 Å². The van der Waals surface area contributed by atoms with Crippen molar-refractivity contribution in [3.63, 3.8) is 0 Å². The van der Waals surface area contributed by atoms with Gasteiger partial charge in [0.25, 0.3) is 5.91 Å². The van der Waals surface area contributed by atoms with Crippen LogP contribution in [0.25, 0.3) is 0 Å². The van der Waals surface area contributed by atoms with Crippen LogP contribution < -0.4 is 5.32 Å². The zero-order chi connectivity index (χ0) is 22.0. The van der Waals surface area contributed by atoms with Gasteiger partial charge in [-0.25, -0.2) is 4.39 Å². The number of hydrogen-bond acceptors (Lipinski definition) is 6. The first-order valence-corrected chi connectivity index (χ1v) is 12.5. The topological polar surface area (TPSA) is 82.1 Å². The summed E-state index contributed by atoms with van der Waals surface area (Å²) in [5.74, 6) is -0.366. The number of rotatable bonds is 4. The van der Waals surface area contributed by atoms with Crippen LogP contribution in [0.4, 0.5) is 4.39 Å². The van der Waals surface area contributed by atoms with E-state index in [0.717, 1.165) is 25.8 Å². The number of halogens is 1. The number of nitrogens with one attached hydrogen (secondary N) is 1. The van der Waals surface area contributed by atoms with Crippen molar-refractivity contribution in [2.45, 2.75) is 94.0 Å². The number of fused-ring (bicyclic) bond motifs is 2. The maximum Gasteiger partial charge on any atom is 0.258 e. The largest absolute Gasteiger partial charge is 0.393 e. The molecule has 32 heavy (non-hydrogen) atoms. The third-order valence-electron chi connectivity index (χ3n) is 8.60. The number of carbonyl (C=O) groups excluding carboxylic acids is 2. The Kier molecular flexibility index (Phi) is 5.30. The first kappa shape index (κ1) is 21.1. The number of hydrogen-bond donors (Lipinski definition) is 2. The van der Waals surface area contributed by atoms with Gasteiger partial charge in [0.1, 0.15) is 6.17 Å². The van der Waals surface area contributed by atoms with Gasteiger partial charge in [-0.05, 0) is 57.4 Å². The molecule has 0 aromatic carbocycles. The number of alkyl halides is 1. The Morgan fingerprint density at radius 1 is 1.19 bits per heavy atom. The Morgan fingerprint density at radius 3 is 2.72 bits per heavy atom. The second-order valence-corrected chi connectivity index (χ2v) is 10.8. The van der Waals surface area contributed by atoms with Crippen molar-refractivity contribution >= 4 is 11.7 Å². The monoisotopic (exact) mass is 447 g/mol. The zero-order valence-electron chi connectivity index (χ0n) is 18.5. The van der Waals surface area contributed by atoms with Crippen molar-refractivity contribution in [3.8, 4) is 0 Å². The minimum Gasteiger partial charge on any atom is -0.393 e. The highest BCUT2D eigenvalue weighted by atomic mass is 19.1. The third kappa shape index (κ3) is 3.49. The number of morpholine rings is 1. The molecule has 3 aliphatic heterocycles. The lowest BCUT2D eigenvalue weighted by Gasteiger charge is -2.59. The van der Waals surface area contributed by atoms with Gasteiger partial charge >= 0.3 is 0 Å². The molecule has 0 spiro atoms. The van der Waals surface area contributed by atoms with E-state index in [2.05, 4.69) is 10.2 Å². The van der Waals surface area contributed by atoms with Crippen LogP contribution in [-0.4, -0.2) is 88.8 Å². The summed E-state index contributed by atoms with van der Waals surface area (Å²) in [5, 5.41) is 13.7. The van der Waals surface area contributed by atoms with E-state index in [9.17, 15) is 14.7 Å². The molecule has 2 saturated heterocycles. The lowest BCUT2D eigenvalue weighted by molar-refractivity contribution is -0.205. The molecule has 7 nitrogen and oxygen atoms in total. The van der Waals surface area contributed by atoms with Gasteiger partial charge in [-0.15, -0.1) is 0 Å². The summed E-state index contributed by atoms with van der Waals surface area (Å²) in [6, 6.07) is -0.703. The van der Waals surface area contributed by atoms with Crippen molar-refractivity contribution in [2.75, 3.05) is 19.6 Å². The maximum atomic E-state index is 15.5. The van der Waals surface area contributed by atoms with Crippen LogP contribution in [0.3, 0.4) is 0 Å². The average Bonchev–Trinajstić information content (AvgIpc) is 3.44. The number of aliphatic hydroxyl groups is 1. The normalized spacial score (nSPS) is 43.6. The highest BCUT2D eigenvalue weighted by Gasteiger charge is 2.59. The lowest BCUT2D eigenvalue weighted by atomic mass is 9.69. The molecule has 0 aromatic rings. The fraction of sp³-hybridized carbons (Fsp3) is 0.833. The molecular weight excluding hydrogens is 413 g/mol. The third-order valence-corrected chi connectivity index (χ3v) is 8.60. The molecule has 8 unspecified atom stereocenters. The summed E-state index contributed by atoms with van der Waals surface area (Å²) in [6.07, 6.45) is 5.83. The molecule has 3 saturated carbocycles. The lowest BCUT2D eigenvalue weighted by Crippen LogP contribution is -2.73. The molecule has 8 heteroatoms. The van der Waals surface area contributed by atoms with E-state index in [1.807, 2.05) is 0 Å². The van der Waals surface area contributed by atoms with E-state index in [-0.39, 0.29) is 41.9 Å². The molecule has 3 aliphatic carbocycles. The van der Waals surface area contributed by atoms with E-state index >= 15 is 4.39 Å². The number of carbonyl (C=O) groups is 2. The van der Waals surface area contributed by atoms with Gasteiger partial charge in [0.15, 0.2) is 5.78 Å². The Hall–Kier alpha value is -1.51. The second kappa shape index (κ2) is 8.06. The van der Waals surface area contributed by atoms with E-state index in [1.165, 1.54) is 12.8 Å². The molecule has 3 heterocycles. The highest BCUT2D eigenvalue weighted by molar-refractivity contribution is 6.20. The van der Waals surface area contributed by atoms with Crippen LogP contribution in [0.2, 0.25) is 0 Å². The molecule has 5 fully saturated rings. The number of ketones is 1. The summed E-state index contributed by atoms with van der Waals surface area (Å²) in [4.78, 5) is 30.7. The summed E-state index contributed by atoms with van der Waals surface area (Å²) in [7, 11) is 0. The highest BCUT2D eigenvalue weighted by Crippen LogP contribution is 2.46. The Morgan fingerprint density at radius 2 is 1.97 bits per heavy atom. The van der Waals surface area contributed by atoms with Crippen molar-refractivity contribution < 1.29 is 23.8 Å². The quantitative estimate of drug-likeness (QED) is 0.630. The smallest absolute Gasteiger partial charge is 0.258 e. The minimum absolute atomic E-state index is 0.0110. The predicted octanol–water partition coefficient (Wildman–Crippen LogP) is 1.15.